The van der Waals surface area contributed by atoms with E-state index in [1.54, 1.807) is 0 Å². The van der Waals surface area contributed by atoms with E-state index in [0.29, 0.717) is 5.56 Å². The van der Waals surface area contributed by atoms with Gasteiger partial charge in [0, 0.05) is 17.3 Å². The van der Waals surface area contributed by atoms with Crippen LogP contribution in [0.25, 0.3) is 0 Å². The van der Waals surface area contributed by atoms with Crippen molar-refractivity contribution < 1.29 is 13.5 Å². The third-order valence-electron chi connectivity index (χ3n) is 2.53. The zero-order valence-corrected chi connectivity index (χ0v) is 9.86. The van der Waals surface area contributed by atoms with E-state index < -0.39 is 11.6 Å². The van der Waals surface area contributed by atoms with E-state index in [1.807, 2.05) is 6.07 Å². The van der Waals surface area contributed by atoms with Crippen molar-refractivity contribution in [3.63, 3.8) is 0 Å². The molecule has 0 atom stereocenters. The fraction of sp³-hybridized carbons (Fsp3) is 0.0714. The Balaban J connectivity index is 2.19. The number of anilines is 1. The third kappa shape index (κ3) is 2.99. The molecule has 0 aliphatic heterocycles. The minimum absolute atomic E-state index is 0.00218. The Kier molecular flexibility index (Phi) is 3.62. The minimum atomic E-state index is -0.602. The largest absolute Gasteiger partial charge is 0.486 e. The van der Waals surface area contributed by atoms with Gasteiger partial charge in [0.15, 0.2) is 11.6 Å². The third-order valence-corrected chi connectivity index (χ3v) is 2.53. The summed E-state index contributed by atoms with van der Waals surface area (Å²) in [6, 6.07) is 9.66. The lowest BCUT2D eigenvalue weighted by Gasteiger charge is -2.09. The van der Waals surface area contributed by atoms with Crippen LogP contribution in [0, 0.1) is 23.0 Å². The summed E-state index contributed by atoms with van der Waals surface area (Å²) in [5.41, 5.74) is 6.35. The molecule has 19 heavy (non-hydrogen) atoms. The predicted octanol–water partition coefficient (Wildman–Crippen LogP) is 3.00. The van der Waals surface area contributed by atoms with Gasteiger partial charge in [-0.25, -0.2) is 8.78 Å². The summed E-state index contributed by atoms with van der Waals surface area (Å²) >= 11 is 0. The Labute approximate surface area is 108 Å². The Morgan fingerprint density at radius 2 is 1.95 bits per heavy atom. The average Bonchev–Trinajstić information content (AvgIpc) is 2.38. The first-order chi connectivity index (χ1) is 9.10. The number of rotatable bonds is 3. The van der Waals surface area contributed by atoms with Crippen LogP contribution < -0.4 is 10.5 Å². The van der Waals surface area contributed by atoms with Crippen molar-refractivity contribution in [1.29, 1.82) is 5.26 Å². The van der Waals surface area contributed by atoms with Crippen molar-refractivity contribution in [3.8, 4) is 11.8 Å². The van der Waals surface area contributed by atoms with Gasteiger partial charge in [-0.05, 0) is 30.3 Å². The molecule has 0 unspecified atom stereocenters. The molecule has 0 radical (unpaired) electrons. The maximum Gasteiger partial charge on any atom is 0.167 e. The molecule has 0 aromatic heterocycles. The normalized spacial score (nSPS) is 9.95. The van der Waals surface area contributed by atoms with Crippen molar-refractivity contribution >= 4 is 5.69 Å². The van der Waals surface area contributed by atoms with E-state index in [4.69, 9.17) is 15.7 Å². The standard InChI is InChI=1S/C14H10F2N2O/c15-11-2-1-9(7-17)10(5-11)8-19-14-4-3-12(18)6-13(14)16/h1-6H,8,18H2. The van der Waals surface area contributed by atoms with Gasteiger partial charge in [-0.2, -0.15) is 5.26 Å². The topological polar surface area (TPSA) is 59.0 Å². The number of nitrogens with zero attached hydrogens (tertiary/aromatic N) is 1. The summed E-state index contributed by atoms with van der Waals surface area (Å²) in [6.07, 6.45) is 0. The first-order valence-electron chi connectivity index (χ1n) is 5.46. The minimum Gasteiger partial charge on any atom is -0.486 e. The number of halogens is 2. The number of hydrogen-bond donors (Lipinski definition) is 1. The van der Waals surface area contributed by atoms with Crippen LogP contribution in [-0.2, 0) is 6.61 Å². The summed E-state index contributed by atoms with van der Waals surface area (Å²) in [5.74, 6) is -1.08. The zero-order valence-electron chi connectivity index (χ0n) is 9.86. The second-order valence-corrected chi connectivity index (χ2v) is 3.89. The molecule has 96 valence electrons. The molecule has 0 aliphatic carbocycles. The summed E-state index contributed by atoms with van der Waals surface area (Å²) in [5, 5.41) is 8.88. The van der Waals surface area contributed by atoms with Gasteiger partial charge in [0.25, 0.3) is 0 Å². The fourth-order valence-corrected chi connectivity index (χ4v) is 1.58. The van der Waals surface area contributed by atoms with Crippen LogP contribution in [0.15, 0.2) is 36.4 Å². The van der Waals surface area contributed by atoms with Crippen LogP contribution in [-0.4, -0.2) is 0 Å². The van der Waals surface area contributed by atoms with Gasteiger partial charge in [0.05, 0.1) is 11.6 Å². The lowest BCUT2D eigenvalue weighted by molar-refractivity contribution is 0.289. The van der Waals surface area contributed by atoms with Crippen molar-refractivity contribution in [1.82, 2.24) is 0 Å². The molecule has 2 aromatic rings. The molecule has 0 saturated carbocycles. The smallest absolute Gasteiger partial charge is 0.167 e. The summed E-state index contributed by atoms with van der Waals surface area (Å²) in [7, 11) is 0. The van der Waals surface area contributed by atoms with Crippen LogP contribution >= 0.6 is 0 Å². The number of benzene rings is 2. The first kappa shape index (κ1) is 12.8. The van der Waals surface area contributed by atoms with Gasteiger partial charge in [0.1, 0.15) is 12.4 Å². The molecule has 2 N–H and O–H groups in total. The van der Waals surface area contributed by atoms with Gasteiger partial charge in [-0.15, -0.1) is 0 Å². The molecule has 0 aliphatic rings. The van der Waals surface area contributed by atoms with Crippen LogP contribution in [0.4, 0.5) is 14.5 Å². The lowest BCUT2D eigenvalue weighted by Crippen LogP contribution is -2.01. The molecular formula is C14H10F2N2O. The quantitative estimate of drug-likeness (QED) is 0.863. The van der Waals surface area contributed by atoms with Crippen molar-refractivity contribution in [2.75, 3.05) is 5.73 Å². The number of nitrogen functional groups attached to an aromatic ring is 1. The van der Waals surface area contributed by atoms with E-state index in [9.17, 15) is 8.78 Å². The van der Waals surface area contributed by atoms with Gasteiger partial charge in [-0.1, -0.05) is 0 Å². The zero-order chi connectivity index (χ0) is 13.8. The Morgan fingerprint density at radius 1 is 1.16 bits per heavy atom. The number of hydrogen-bond acceptors (Lipinski definition) is 3. The Bertz CT molecular complexity index is 650. The molecule has 3 nitrogen and oxygen atoms in total. The van der Waals surface area contributed by atoms with Gasteiger partial charge in [-0.3, -0.25) is 0 Å². The highest BCUT2D eigenvalue weighted by molar-refractivity contribution is 5.43. The van der Waals surface area contributed by atoms with Gasteiger partial charge >= 0.3 is 0 Å². The highest BCUT2D eigenvalue weighted by Gasteiger charge is 2.07. The van der Waals surface area contributed by atoms with E-state index in [2.05, 4.69) is 0 Å². The number of nitriles is 1. The van der Waals surface area contributed by atoms with E-state index in [1.165, 1.54) is 30.3 Å². The monoisotopic (exact) mass is 260 g/mol. The molecule has 0 fully saturated rings. The average molecular weight is 260 g/mol. The summed E-state index contributed by atoms with van der Waals surface area (Å²) in [6.45, 7) is -0.0957. The second kappa shape index (κ2) is 5.36. The van der Waals surface area contributed by atoms with Crippen LogP contribution in [0.5, 0.6) is 5.75 Å². The SMILES string of the molecule is N#Cc1ccc(F)cc1COc1ccc(N)cc1F. The molecule has 0 bridgehead atoms. The molecule has 0 saturated heterocycles. The highest BCUT2D eigenvalue weighted by atomic mass is 19.1. The van der Waals surface area contributed by atoms with Crippen molar-refractivity contribution in [2.45, 2.75) is 6.61 Å². The maximum absolute atomic E-state index is 13.5. The van der Waals surface area contributed by atoms with Crippen LogP contribution in [0.1, 0.15) is 11.1 Å². The summed E-state index contributed by atoms with van der Waals surface area (Å²) in [4.78, 5) is 0. The van der Waals surface area contributed by atoms with Gasteiger partial charge < -0.3 is 10.5 Å². The molecule has 0 amide bonds. The van der Waals surface area contributed by atoms with Crippen molar-refractivity contribution in [3.05, 3.63) is 59.2 Å². The van der Waals surface area contributed by atoms with Crippen molar-refractivity contribution in [2.24, 2.45) is 0 Å². The van der Waals surface area contributed by atoms with E-state index in [-0.39, 0.29) is 23.6 Å². The van der Waals surface area contributed by atoms with Gasteiger partial charge in [0.2, 0.25) is 0 Å². The molecular weight excluding hydrogens is 250 g/mol. The number of ether oxygens (including phenoxy) is 1. The first-order valence-corrected chi connectivity index (χ1v) is 5.46. The number of nitrogens with two attached hydrogens (primary N) is 1. The molecule has 2 aromatic carbocycles. The molecule has 0 heterocycles. The van der Waals surface area contributed by atoms with E-state index >= 15 is 0 Å². The fourth-order valence-electron chi connectivity index (χ4n) is 1.58. The van der Waals surface area contributed by atoms with Crippen LogP contribution in [0.3, 0.4) is 0 Å². The molecule has 2 rings (SSSR count). The maximum atomic E-state index is 13.5. The Morgan fingerprint density at radius 3 is 2.63 bits per heavy atom. The Hall–Kier alpha value is -2.61. The van der Waals surface area contributed by atoms with Crippen LogP contribution in [0.2, 0.25) is 0 Å². The lowest BCUT2D eigenvalue weighted by atomic mass is 10.1. The predicted molar refractivity (Wildman–Crippen MR) is 66.3 cm³/mol. The molecule has 0 spiro atoms. The summed E-state index contributed by atoms with van der Waals surface area (Å²) < 4.78 is 31.8. The molecule has 5 heteroatoms. The second-order valence-electron chi connectivity index (χ2n) is 3.89. The highest BCUT2D eigenvalue weighted by Crippen LogP contribution is 2.21. The van der Waals surface area contributed by atoms with E-state index in [0.717, 1.165) is 6.07 Å².